The second-order valence-electron chi connectivity index (χ2n) is 3.28. The van der Waals surface area contributed by atoms with Crippen LogP contribution < -0.4 is 10.5 Å². The van der Waals surface area contributed by atoms with E-state index in [1.807, 2.05) is 18.2 Å². The summed E-state index contributed by atoms with van der Waals surface area (Å²) in [5.74, 6) is 0.870. The fourth-order valence-electron chi connectivity index (χ4n) is 1.46. The van der Waals surface area contributed by atoms with E-state index in [1.165, 1.54) is 0 Å². The first-order chi connectivity index (χ1) is 6.69. The summed E-state index contributed by atoms with van der Waals surface area (Å²) in [6.45, 7) is 2.13. The summed E-state index contributed by atoms with van der Waals surface area (Å²) in [6.07, 6.45) is 2.06. The first-order valence-corrected chi connectivity index (χ1v) is 5.57. The molecule has 0 aliphatic carbocycles. The fourth-order valence-corrected chi connectivity index (χ4v) is 1.84. The van der Waals surface area contributed by atoms with Crippen LogP contribution in [0.4, 0.5) is 0 Å². The second kappa shape index (κ2) is 5.37. The molecule has 0 aromatic heterocycles. The number of rotatable bonds is 4. The first kappa shape index (κ1) is 11.5. The van der Waals surface area contributed by atoms with Gasteiger partial charge in [0.05, 0.1) is 7.11 Å². The smallest absolute Gasteiger partial charge is 0.123 e. The van der Waals surface area contributed by atoms with Crippen molar-refractivity contribution in [1.82, 2.24) is 0 Å². The maximum absolute atomic E-state index is 6.05. The predicted octanol–water partition coefficient (Wildman–Crippen LogP) is 3.26. The summed E-state index contributed by atoms with van der Waals surface area (Å²) >= 11 is 3.43. The molecule has 1 aromatic rings. The molecule has 0 amide bonds. The molecule has 0 unspecified atom stereocenters. The number of hydrogen-bond acceptors (Lipinski definition) is 2. The van der Waals surface area contributed by atoms with Crippen LogP contribution in [0.25, 0.3) is 0 Å². The van der Waals surface area contributed by atoms with Crippen molar-refractivity contribution < 1.29 is 4.74 Å². The lowest BCUT2D eigenvalue weighted by atomic mass is 10.0. The Labute approximate surface area is 93.6 Å². The Morgan fingerprint density at radius 3 is 2.79 bits per heavy atom. The van der Waals surface area contributed by atoms with E-state index < -0.39 is 0 Å². The van der Waals surface area contributed by atoms with Crippen LogP contribution >= 0.6 is 15.9 Å². The van der Waals surface area contributed by atoms with Crippen molar-refractivity contribution in [2.24, 2.45) is 5.73 Å². The molecule has 3 heteroatoms. The third-order valence-corrected chi connectivity index (χ3v) is 2.68. The topological polar surface area (TPSA) is 35.2 Å². The predicted molar refractivity (Wildman–Crippen MR) is 62.5 cm³/mol. The molecular weight excluding hydrogens is 242 g/mol. The molecule has 0 aliphatic heterocycles. The summed E-state index contributed by atoms with van der Waals surface area (Å²) in [5.41, 5.74) is 7.12. The minimum Gasteiger partial charge on any atom is -0.496 e. The van der Waals surface area contributed by atoms with Crippen LogP contribution in [-0.2, 0) is 0 Å². The molecule has 0 saturated heterocycles. The van der Waals surface area contributed by atoms with Crippen LogP contribution in [0.5, 0.6) is 5.75 Å². The lowest BCUT2D eigenvalue weighted by molar-refractivity contribution is 0.404. The molecule has 14 heavy (non-hydrogen) atoms. The number of hydrogen-bond donors (Lipinski definition) is 1. The van der Waals surface area contributed by atoms with Gasteiger partial charge in [0.1, 0.15) is 5.75 Å². The summed E-state index contributed by atoms with van der Waals surface area (Å²) in [6, 6.07) is 5.99. The maximum atomic E-state index is 6.05. The van der Waals surface area contributed by atoms with E-state index in [9.17, 15) is 0 Å². The van der Waals surface area contributed by atoms with E-state index in [0.717, 1.165) is 28.6 Å². The molecule has 78 valence electrons. The fraction of sp³-hybridized carbons (Fsp3) is 0.455. The van der Waals surface area contributed by atoms with Crippen LogP contribution in [0.15, 0.2) is 22.7 Å². The average Bonchev–Trinajstić information content (AvgIpc) is 2.18. The molecule has 0 heterocycles. The molecule has 0 radical (unpaired) electrons. The van der Waals surface area contributed by atoms with Gasteiger partial charge in [0.25, 0.3) is 0 Å². The Morgan fingerprint density at radius 2 is 2.21 bits per heavy atom. The highest BCUT2D eigenvalue weighted by Crippen LogP contribution is 2.29. The zero-order valence-corrected chi connectivity index (χ0v) is 10.2. The molecule has 0 aliphatic rings. The summed E-state index contributed by atoms with van der Waals surface area (Å²) in [4.78, 5) is 0. The minimum absolute atomic E-state index is 0.0625. The zero-order valence-electron chi connectivity index (χ0n) is 8.59. The second-order valence-corrected chi connectivity index (χ2v) is 4.20. The van der Waals surface area contributed by atoms with Crippen LogP contribution in [0, 0.1) is 0 Å². The van der Waals surface area contributed by atoms with Gasteiger partial charge in [-0.05, 0) is 24.6 Å². The van der Waals surface area contributed by atoms with E-state index in [0.29, 0.717) is 0 Å². The van der Waals surface area contributed by atoms with Crippen molar-refractivity contribution in [3.63, 3.8) is 0 Å². The zero-order chi connectivity index (χ0) is 10.6. The third kappa shape index (κ3) is 2.72. The first-order valence-electron chi connectivity index (χ1n) is 4.78. The van der Waals surface area contributed by atoms with Crippen LogP contribution in [-0.4, -0.2) is 7.11 Å². The normalized spacial score (nSPS) is 12.6. The minimum atomic E-state index is 0.0625. The van der Waals surface area contributed by atoms with Gasteiger partial charge in [0.15, 0.2) is 0 Å². The monoisotopic (exact) mass is 257 g/mol. The SMILES string of the molecule is CCC[C@H](N)c1cc(Br)ccc1OC. The van der Waals surface area contributed by atoms with Crippen molar-refractivity contribution in [2.75, 3.05) is 7.11 Å². The summed E-state index contributed by atoms with van der Waals surface area (Å²) in [5, 5.41) is 0. The van der Waals surface area contributed by atoms with Gasteiger partial charge in [-0.15, -0.1) is 0 Å². The van der Waals surface area contributed by atoms with E-state index in [4.69, 9.17) is 10.5 Å². The molecule has 0 saturated carbocycles. The van der Waals surface area contributed by atoms with Crippen molar-refractivity contribution in [1.29, 1.82) is 0 Å². The van der Waals surface area contributed by atoms with E-state index in [2.05, 4.69) is 22.9 Å². The summed E-state index contributed by atoms with van der Waals surface area (Å²) < 4.78 is 6.31. The van der Waals surface area contributed by atoms with E-state index >= 15 is 0 Å². The largest absolute Gasteiger partial charge is 0.496 e. The van der Waals surface area contributed by atoms with Crippen LogP contribution in [0.3, 0.4) is 0 Å². The molecule has 1 atom stereocenters. The molecule has 1 rings (SSSR count). The Morgan fingerprint density at radius 1 is 1.50 bits per heavy atom. The number of ether oxygens (including phenoxy) is 1. The third-order valence-electron chi connectivity index (χ3n) is 2.19. The van der Waals surface area contributed by atoms with Gasteiger partial charge in [-0.3, -0.25) is 0 Å². The molecule has 0 bridgehead atoms. The Hall–Kier alpha value is -0.540. The van der Waals surface area contributed by atoms with Gasteiger partial charge in [-0.25, -0.2) is 0 Å². The highest BCUT2D eigenvalue weighted by atomic mass is 79.9. The van der Waals surface area contributed by atoms with Crippen LogP contribution in [0.2, 0.25) is 0 Å². The maximum Gasteiger partial charge on any atom is 0.123 e. The van der Waals surface area contributed by atoms with Crippen LogP contribution in [0.1, 0.15) is 31.4 Å². The van der Waals surface area contributed by atoms with Gasteiger partial charge < -0.3 is 10.5 Å². The number of halogens is 1. The lowest BCUT2D eigenvalue weighted by Gasteiger charge is -2.15. The van der Waals surface area contributed by atoms with Crippen molar-refractivity contribution in [3.8, 4) is 5.75 Å². The van der Waals surface area contributed by atoms with Crippen molar-refractivity contribution in [3.05, 3.63) is 28.2 Å². The average molecular weight is 258 g/mol. The summed E-state index contributed by atoms with van der Waals surface area (Å²) in [7, 11) is 1.67. The van der Waals surface area contributed by atoms with Gasteiger partial charge in [0.2, 0.25) is 0 Å². The Bertz CT molecular complexity index is 301. The van der Waals surface area contributed by atoms with E-state index in [1.54, 1.807) is 7.11 Å². The highest BCUT2D eigenvalue weighted by Gasteiger charge is 2.11. The molecule has 2 nitrogen and oxygen atoms in total. The lowest BCUT2D eigenvalue weighted by Crippen LogP contribution is -2.11. The van der Waals surface area contributed by atoms with Crippen molar-refractivity contribution in [2.45, 2.75) is 25.8 Å². The Balaban J connectivity index is 2.97. The molecule has 2 N–H and O–H groups in total. The van der Waals surface area contributed by atoms with Gasteiger partial charge >= 0.3 is 0 Å². The standard InChI is InChI=1S/C11H16BrNO/c1-3-4-10(13)9-7-8(12)5-6-11(9)14-2/h5-7,10H,3-4,13H2,1-2H3/t10-/m0/s1. The number of methoxy groups -OCH3 is 1. The number of benzene rings is 1. The van der Waals surface area contributed by atoms with Gasteiger partial charge in [0, 0.05) is 16.1 Å². The van der Waals surface area contributed by atoms with Gasteiger partial charge in [-0.2, -0.15) is 0 Å². The quantitative estimate of drug-likeness (QED) is 0.899. The molecular formula is C11H16BrNO. The van der Waals surface area contributed by atoms with Crippen molar-refractivity contribution >= 4 is 15.9 Å². The highest BCUT2D eigenvalue weighted by molar-refractivity contribution is 9.10. The molecule has 0 fully saturated rings. The van der Waals surface area contributed by atoms with Gasteiger partial charge in [-0.1, -0.05) is 29.3 Å². The molecule has 0 spiro atoms. The number of nitrogens with two attached hydrogens (primary N) is 1. The Kier molecular flexibility index (Phi) is 4.42. The molecule has 1 aromatic carbocycles. The van der Waals surface area contributed by atoms with E-state index in [-0.39, 0.29) is 6.04 Å².